The van der Waals surface area contributed by atoms with Gasteiger partial charge >= 0.3 is 0 Å². The van der Waals surface area contributed by atoms with Crippen molar-refractivity contribution in [1.29, 1.82) is 0 Å². The molecule has 0 radical (unpaired) electrons. The molecule has 0 fully saturated rings. The molecular formula is C11H6BrFN2O. The fourth-order valence-electron chi connectivity index (χ4n) is 1.27. The van der Waals surface area contributed by atoms with Gasteiger partial charge in [-0.25, -0.2) is 14.4 Å². The highest BCUT2D eigenvalue weighted by atomic mass is 79.9. The Morgan fingerprint density at radius 1 is 1.12 bits per heavy atom. The van der Waals surface area contributed by atoms with Gasteiger partial charge in [0.2, 0.25) is 0 Å². The lowest BCUT2D eigenvalue weighted by atomic mass is 10.1. The van der Waals surface area contributed by atoms with E-state index < -0.39 is 5.82 Å². The number of carbonyl (C=O) groups is 1. The maximum absolute atomic E-state index is 13.1. The van der Waals surface area contributed by atoms with Crippen LogP contribution in [-0.2, 0) is 0 Å². The van der Waals surface area contributed by atoms with E-state index in [4.69, 9.17) is 0 Å². The maximum atomic E-state index is 13.1. The van der Waals surface area contributed by atoms with Gasteiger partial charge in [0, 0.05) is 22.4 Å². The van der Waals surface area contributed by atoms with E-state index >= 15 is 0 Å². The summed E-state index contributed by atoms with van der Waals surface area (Å²) in [6.07, 6.45) is 4.13. The molecular weight excluding hydrogens is 275 g/mol. The molecule has 0 spiro atoms. The Morgan fingerprint density at radius 3 is 2.44 bits per heavy atom. The van der Waals surface area contributed by atoms with Crippen LogP contribution in [0.1, 0.15) is 15.9 Å². The minimum atomic E-state index is -0.463. The molecule has 1 aromatic carbocycles. The molecule has 0 N–H and O–H groups in total. The van der Waals surface area contributed by atoms with Crippen molar-refractivity contribution < 1.29 is 9.18 Å². The van der Waals surface area contributed by atoms with Crippen LogP contribution in [0.15, 0.2) is 41.4 Å². The van der Waals surface area contributed by atoms with Crippen molar-refractivity contribution >= 4 is 21.7 Å². The average Bonchev–Trinajstić information content (AvgIpc) is 2.28. The van der Waals surface area contributed by atoms with Crippen LogP contribution in [0.3, 0.4) is 0 Å². The lowest BCUT2D eigenvalue weighted by molar-refractivity contribution is 0.103. The number of halogens is 2. The predicted octanol–water partition coefficient (Wildman–Crippen LogP) is 2.61. The fourth-order valence-corrected chi connectivity index (χ4v) is 1.73. The van der Waals surface area contributed by atoms with Gasteiger partial charge in [0.05, 0.1) is 5.56 Å². The molecule has 80 valence electrons. The SMILES string of the molecule is O=C(c1cncnc1)c1cc(F)cc(Br)c1. The molecule has 0 aliphatic heterocycles. The quantitative estimate of drug-likeness (QED) is 0.795. The van der Waals surface area contributed by atoms with E-state index in [1.165, 1.54) is 30.9 Å². The smallest absolute Gasteiger partial charge is 0.196 e. The maximum Gasteiger partial charge on any atom is 0.196 e. The van der Waals surface area contributed by atoms with Crippen molar-refractivity contribution in [2.45, 2.75) is 0 Å². The summed E-state index contributed by atoms with van der Waals surface area (Å²) in [5.41, 5.74) is 0.599. The van der Waals surface area contributed by atoms with Gasteiger partial charge in [-0.05, 0) is 18.2 Å². The van der Waals surface area contributed by atoms with Crippen molar-refractivity contribution in [2.75, 3.05) is 0 Å². The summed E-state index contributed by atoms with van der Waals surface area (Å²) in [6.45, 7) is 0. The highest BCUT2D eigenvalue weighted by Crippen LogP contribution is 2.17. The molecule has 2 aromatic rings. The van der Waals surface area contributed by atoms with E-state index in [1.54, 1.807) is 6.07 Å². The third-order valence-corrected chi connectivity index (χ3v) is 2.41. The molecule has 0 unspecified atom stereocenters. The van der Waals surface area contributed by atoms with Crippen LogP contribution in [0.25, 0.3) is 0 Å². The van der Waals surface area contributed by atoms with Crippen LogP contribution in [0, 0.1) is 5.82 Å². The summed E-state index contributed by atoms with van der Waals surface area (Å²) >= 11 is 3.13. The Labute approximate surface area is 99.5 Å². The summed E-state index contributed by atoms with van der Waals surface area (Å²) < 4.78 is 13.6. The van der Waals surface area contributed by atoms with Gasteiger partial charge in [-0.1, -0.05) is 15.9 Å². The molecule has 0 atom stereocenters. The summed E-state index contributed by atoms with van der Waals surface area (Å²) in [6, 6.07) is 4.02. The van der Waals surface area contributed by atoms with Crippen molar-refractivity contribution in [3.63, 3.8) is 0 Å². The number of hydrogen-bond donors (Lipinski definition) is 0. The second-order valence-electron chi connectivity index (χ2n) is 3.11. The predicted molar refractivity (Wildman–Crippen MR) is 59.6 cm³/mol. The Morgan fingerprint density at radius 2 is 1.81 bits per heavy atom. The minimum Gasteiger partial charge on any atom is -0.288 e. The number of aromatic nitrogens is 2. The lowest BCUT2D eigenvalue weighted by Crippen LogP contribution is -2.03. The standard InChI is InChI=1S/C11H6BrFN2O/c12-9-1-7(2-10(13)3-9)11(16)8-4-14-6-15-5-8/h1-6H. The lowest BCUT2D eigenvalue weighted by Gasteiger charge is -2.01. The Hall–Kier alpha value is -1.62. The summed E-state index contributed by atoms with van der Waals surface area (Å²) in [4.78, 5) is 19.4. The van der Waals surface area contributed by atoms with Gasteiger partial charge < -0.3 is 0 Å². The second-order valence-corrected chi connectivity index (χ2v) is 4.03. The Bertz CT molecular complexity index is 511. The first-order chi connectivity index (χ1) is 7.66. The topological polar surface area (TPSA) is 42.9 Å². The fraction of sp³-hybridized carbons (Fsp3) is 0. The monoisotopic (exact) mass is 280 g/mol. The zero-order valence-corrected chi connectivity index (χ0v) is 9.61. The van der Waals surface area contributed by atoms with E-state index in [1.807, 2.05) is 0 Å². The highest BCUT2D eigenvalue weighted by Gasteiger charge is 2.11. The average molecular weight is 281 g/mol. The molecule has 1 aromatic heterocycles. The van der Waals surface area contributed by atoms with Crippen molar-refractivity contribution in [3.8, 4) is 0 Å². The van der Waals surface area contributed by atoms with Gasteiger partial charge in [0.1, 0.15) is 12.1 Å². The Balaban J connectivity index is 2.42. The van der Waals surface area contributed by atoms with Crippen molar-refractivity contribution in [3.05, 3.63) is 58.3 Å². The van der Waals surface area contributed by atoms with Crippen LogP contribution in [-0.4, -0.2) is 15.8 Å². The molecule has 0 aliphatic rings. The highest BCUT2D eigenvalue weighted by molar-refractivity contribution is 9.10. The molecule has 1 heterocycles. The first-order valence-corrected chi connectivity index (χ1v) is 5.22. The van der Waals surface area contributed by atoms with Gasteiger partial charge in [0.25, 0.3) is 0 Å². The summed E-state index contributed by atoms with van der Waals surface area (Å²) in [7, 11) is 0. The number of benzene rings is 1. The third-order valence-electron chi connectivity index (χ3n) is 1.95. The molecule has 5 heteroatoms. The number of ketones is 1. The van der Waals surface area contributed by atoms with Crippen molar-refractivity contribution in [2.24, 2.45) is 0 Å². The van der Waals surface area contributed by atoms with Gasteiger partial charge in [-0.3, -0.25) is 4.79 Å². The number of carbonyl (C=O) groups excluding carboxylic acids is 1. The normalized spacial score (nSPS) is 10.1. The molecule has 0 saturated heterocycles. The summed E-state index contributed by atoms with van der Waals surface area (Å²) in [5, 5.41) is 0. The van der Waals surface area contributed by atoms with Crippen LogP contribution >= 0.6 is 15.9 Å². The largest absolute Gasteiger partial charge is 0.288 e. The minimum absolute atomic E-state index is 0.265. The van der Waals surface area contributed by atoms with E-state index in [0.29, 0.717) is 10.0 Å². The van der Waals surface area contributed by atoms with Crippen LogP contribution < -0.4 is 0 Å². The number of nitrogens with zero attached hydrogens (tertiary/aromatic N) is 2. The second kappa shape index (κ2) is 4.49. The zero-order chi connectivity index (χ0) is 11.5. The van der Waals surface area contributed by atoms with Crippen LogP contribution in [0.4, 0.5) is 4.39 Å². The zero-order valence-electron chi connectivity index (χ0n) is 8.02. The van der Waals surface area contributed by atoms with Gasteiger partial charge in [-0.2, -0.15) is 0 Å². The van der Waals surface area contributed by atoms with Crippen LogP contribution in [0.5, 0.6) is 0 Å². The van der Waals surface area contributed by atoms with Gasteiger partial charge in [-0.15, -0.1) is 0 Å². The molecule has 0 bridgehead atoms. The van der Waals surface area contributed by atoms with E-state index in [2.05, 4.69) is 25.9 Å². The first kappa shape index (κ1) is 10.9. The van der Waals surface area contributed by atoms with Gasteiger partial charge in [0.15, 0.2) is 5.78 Å². The molecule has 0 aliphatic carbocycles. The Kier molecular flexibility index (Phi) is 3.05. The molecule has 2 rings (SSSR count). The number of rotatable bonds is 2. The van der Waals surface area contributed by atoms with E-state index in [0.717, 1.165) is 0 Å². The molecule has 16 heavy (non-hydrogen) atoms. The van der Waals surface area contributed by atoms with Crippen molar-refractivity contribution in [1.82, 2.24) is 9.97 Å². The summed E-state index contributed by atoms with van der Waals surface area (Å²) in [5.74, 6) is -0.768. The first-order valence-electron chi connectivity index (χ1n) is 4.42. The molecule has 3 nitrogen and oxygen atoms in total. The molecule has 0 saturated carbocycles. The van der Waals surface area contributed by atoms with E-state index in [-0.39, 0.29) is 11.3 Å². The molecule has 0 amide bonds. The van der Waals surface area contributed by atoms with E-state index in [9.17, 15) is 9.18 Å². The van der Waals surface area contributed by atoms with Crippen LogP contribution in [0.2, 0.25) is 0 Å². The number of hydrogen-bond acceptors (Lipinski definition) is 3. The third kappa shape index (κ3) is 2.30.